The molecule has 2 amide bonds. The van der Waals surface area contributed by atoms with Crippen molar-refractivity contribution in [3.8, 4) is 11.5 Å². The van der Waals surface area contributed by atoms with Gasteiger partial charge in [-0.15, -0.1) is 0 Å². The Bertz CT molecular complexity index is 1160. The van der Waals surface area contributed by atoms with E-state index >= 15 is 0 Å². The van der Waals surface area contributed by atoms with Crippen LogP contribution in [0.4, 0.5) is 10.1 Å². The normalized spacial score (nSPS) is 10.7. The van der Waals surface area contributed by atoms with Gasteiger partial charge < -0.3 is 14.8 Å². The van der Waals surface area contributed by atoms with Crippen LogP contribution in [0.25, 0.3) is 0 Å². The van der Waals surface area contributed by atoms with Gasteiger partial charge >= 0.3 is 0 Å². The van der Waals surface area contributed by atoms with E-state index in [9.17, 15) is 14.0 Å². The summed E-state index contributed by atoms with van der Waals surface area (Å²) in [5.74, 6) is 0.0445. The minimum Gasteiger partial charge on any atom is -0.490 e. The Hall–Kier alpha value is -4.20. The molecule has 0 saturated heterocycles. The molecule has 7 nitrogen and oxygen atoms in total. The molecule has 0 bridgehead atoms. The van der Waals surface area contributed by atoms with E-state index < -0.39 is 11.7 Å². The number of hydrazone groups is 1. The van der Waals surface area contributed by atoms with Crippen LogP contribution in [0, 0.1) is 12.7 Å². The maximum Gasteiger partial charge on any atom is 0.240 e. The van der Waals surface area contributed by atoms with Crippen molar-refractivity contribution in [2.24, 2.45) is 5.10 Å². The van der Waals surface area contributed by atoms with Crippen molar-refractivity contribution in [1.82, 2.24) is 5.43 Å². The second-order valence-corrected chi connectivity index (χ2v) is 7.76. The van der Waals surface area contributed by atoms with E-state index in [1.165, 1.54) is 36.0 Å². The minimum atomic E-state index is -0.404. The number of halogens is 1. The summed E-state index contributed by atoms with van der Waals surface area (Å²) in [4.78, 5) is 23.9. The number of ether oxygens (including phenoxy) is 2. The van der Waals surface area contributed by atoms with E-state index in [-0.39, 0.29) is 18.7 Å². The molecule has 3 aromatic rings. The summed E-state index contributed by atoms with van der Waals surface area (Å²) in [5, 5.41) is 6.55. The number of carbonyl (C=O) groups excluding carboxylic acids is 2. The standard InChI is InChI=1S/C27H28FN3O4/c1-3-34-25-16-21(8-13-24(25)35-18-20-6-4-19(2)5-7-20)17-29-31-27(33)15-14-26(32)30-23-11-9-22(28)10-12-23/h4-13,16-17H,3,14-15,18H2,1-2H3,(H,30,32)(H,31,33). The molecule has 0 aromatic heterocycles. The number of nitrogens with zero attached hydrogens (tertiary/aromatic N) is 1. The first-order chi connectivity index (χ1) is 16.9. The van der Waals surface area contributed by atoms with Crippen molar-refractivity contribution in [3.63, 3.8) is 0 Å². The number of amides is 2. The van der Waals surface area contributed by atoms with Gasteiger partial charge in [0.1, 0.15) is 12.4 Å². The molecule has 0 aliphatic rings. The van der Waals surface area contributed by atoms with Gasteiger partial charge in [0.15, 0.2) is 11.5 Å². The molecule has 0 heterocycles. The summed E-state index contributed by atoms with van der Waals surface area (Å²) in [6.45, 7) is 4.81. The van der Waals surface area contributed by atoms with Crippen LogP contribution < -0.4 is 20.2 Å². The Kier molecular flexibility index (Phi) is 9.36. The summed E-state index contributed by atoms with van der Waals surface area (Å²) in [6, 6.07) is 18.9. The number of carbonyl (C=O) groups is 2. The van der Waals surface area contributed by atoms with Crippen LogP contribution in [0.1, 0.15) is 36.5 Å². The number of aryl methyl sites for hydroxylation is 1. The molecule has 0 aliphatic heterocycles. The predicted octanol–water partition coefficient (Wildman–Crippen LogP) is 4.98. The van der Waals surface area contributed by atoms with Crippen LogP contribution in [0.3, 0.4) is 0 Å². The molecule has 0 aliphatic carbocycles. The molecule has 8 heteroatoms. The minimum absolute atomic E-state index is 0.0275. The van der Waals surface area contributed by atoms with Gasteiger partial charge in [-0.1, -0.05) is 29.8 Å². The quantitative estimate of drug-likeness (QED) is 0.301. The Balaban J connectivity index is 1.48. The highest BCUT2D eigenvalue weighted by Gasteiger charge is 2.08. The fraction of sp³-hybridized carbons (Fsp3) is 0.222. The molecular formula is C27H28FN3O4. The number of rotatable bonds is 11. The molecule has 2 N–H and O–H groups in total. The lowest BCUT2D eigenvalue weighted by atomic mass is 10.2. The summed E-state index contributed by atoms with van der Waals surface area (Å²) < 4.78 is 24.5. The zero-order valence-electron chi connectivity index (χ0n) is 19.7. The van der Waals surface area contributed by atoms with Crippen molar-refractivity contribution in [2.75, 3.05) is 11.9 Å². The van der Waals surface area contributed by atoms with Crippen LogP contribution in [-0.4, -0.2) is 24.6 Å². The molecule has 3 aromatic carbocycles. The molecular weight excluding hydrogens is 449 g/mol. The maximum atomic E-state index is 12.9. The average molecular weight is 478 g/mol. The van der Waals surface area contributed by atoms with Crippen molar-refractivity contribution in [2.45, 2.75) is 33.3 Å². The molecule has 3 rings (SSSR count). The summed E-state index contributed by atoms with van der Waals surface area (Å²) >= 11 is 0. The number of hydrogen-bond acceptors (Lipinski definition) is 5. The van der Waals surface area contributed by atoms with E-state index in [0.29, 0.717) is 36.0 Å². The van der Waals surface area contributed by atoms with Crippen LogP contribution in [-0.2, 0) is 16.2 Å². The fourth-order valence-corrected chi connectivity index (χ4v) is 3.06. The van der Waals surface area contributed by atoms with Gasteiger partial charge in [-0.25, -0.2) is 9.82 Å². The van der Waals surface area contributed by atoms with Gasteiger partial charge in [-0.3, -0.25) is 9.59 Å². The largest absolute Gasteiger partial charge is 0.490 e. The summed E-state index contributed by atoms with van der Waals surface area (Å²) in [5.41, 5.74) is 5.82. The Morgan fingerprint density at radius 2 is 1.63 bits per heavy atom. The van der Waals surface area contributed by atoms with Crippen molar-refractivity contribution in [1.29, 1.82) is 0 Å². The molecule has 0 saturated carbocycles. The van der Waals surface area contributed by atoms with E-state index in [1.807, 2.05) is 38.1 Å². The Morgan fingerprint density at radius 3 is 2.34 bits per heavy atom. The van der Waals surface area contributed by atoms with Gasteiger partial charge in [0.05, 0.1) is 12.8 Å². The SMILES string of the molecule is CCOc1cc(C=NNC(=O)CCC(=O)Nc2ccc(F)cc2)ccc1OCc1ccc(C)cc1. The van der Waals surface area contributed by atoms with Crippen molar-refractivity contribution < 1.29 is 23.5 Å². The molecule has 0 fully saturated rings. The lowest BCUT2D eigenvalue weighted by Gasteiger charge is -2.12. The predicted molar refractivity (Wildman–Crippen MR) is 133 cm³/mol. The maximum absolute atomic E-state index is 12.9. The van der Waals surface area contributed by atoms with Gasteiger partial charge in [0.25, 0.3) is 0 Å². The molecule has 0 spiro atoms. The average Bonchev–Trinajstić information content (AvgIpc) is 2.85. The smallest absolute Gasteiger partial charge is 0.240 e. The van der Waals surface area contributed by atoms with Crippen molar-refractivity contribution >= 4 is 23.7 Å². The zero-order chi connectivity index (χ0) is 25.0. The number of benzene rings is 3. The third kappa shape index (κ3) is 8.58. The second-order valence-electron chi connectivity index (χ2n) is 7.76. The highest BCUT2D eigenvalue weighted by Crippen LogP contribution is 2.29. The van der Waals surface area contributed by atoms with Crippen LogP contribution >= 0.6 is 0 Å². The lowest BCUT2D eigenvalue weighted by molar-refractivity contribution is -0.124. The van der Waals surface area contributed by atoms with Gasteiger partial charge in [-0.05, 0) is 67.4 Å². The molecule has 0 atom stereocenters. The highest BCUT2D eigenvalue weighted by molar-refractivity contribution is 5.93. The Morgan fingerprint density at radius 1 is 0.914 bits per heavy atom. The summed E-state index contributed by atoms with van der Waals surface area (Å²) in [7, 11) is 0. The van der Waals surface area contributed by atoms with Crippen molar-refractivity contribution in [3.05, 3.63) is 89.2 Å². The molecule has 0 radical (unpaired) electrons. The number of anilines is 1. The van der Waals surface area contributed by atoms with E-state index in [1.54, 1.807) is 18.2 Å². The summed E-state index contributed by atoms with van der Waals surface area (Å²) in [6.07, 6.45) is 1.42. The first-order valence-electron chi connectivity index (χ1n) is 11.3. The highest BCUT2D eigenvalue weighted by atomic mass is 19.1. The zero-order valence-corrected chi connectivity index (χ0v) is 19.7. The molecule has 182 valence electrons. The third-order valence-corrected chi connectivity index (χ3v) is 4.89. The van der Waals surface area contributed by atoms with Crippen LogP contribution in [0.5, 0.6) is 11.5 Å². The monoisotopic (exact) mass is 477 g/mol. The third-order valence-electron chi connectivity index (χ3n) is 4.89. The van der Waals surface area contributed by atoms with E-state index in [2.05, 4.69) is 15.8 Å². The van der Waals surface area contributed by atoms with Gasteiger partial charge in [0, 0.05) is 18.5 Å². The first-order valence-corrected chi connectivity index (χ1v) is 11.3. The van der Waals surface area contributed by atoms with E-state index in [0.717, 1.165) is 5.56 Å². The van der Waals surface area contributed by atoms with Crippen LogP contribution in [0.15, 0.2) is 71.8 Å². The number of hydrogen-bond donors (Lipinski definition) is 2. The molecule has 0 unspecified atom stereocenters. The first kappa shape index (κ1) is 25.4. The topological polar surface area (TPSA) is 89.0 Å². The van der Waals surface area contributed by atoms with Gasteiger partial charge in [-0.2, -0.15) is 5.10 Å². The second kappa shape index (κ2) is 12.9. The lowest BCUT2D eigenvalue weighted by Crippen LogP contribution is -2.20. The molecule has 35 heavy (non-hydrogen) atoms. The fourth-order valence-electron chi connectivity index (χ4n) is 3.06. The Labute approximate surface area is 204 Å². The van der Waals surface area contributed by atoms with E-state index in [4.69, 9.17) is 9.47 Å². The number of nitrogens with one attached hydrogen (secondary N) is 2. The van der Waals surface area contributed by atoms with Gasteiger partial charge in [0.2, 0.25) is 11.8 Å². The van der Waals surface area contributed by atoms with Crippen LogP contribution in [0.2, 0.25) is 0 Å².